The van der Waals surface area contributed by atoms with Crippen LogP contribution in [0.25, 0.3) is 0 Å². The van der Waals surface area contributed by atoms with E-state index in [1.807, 2.05) is 13.0 Å². The van der Waals surface area contributed by atoms with Gasteiger partial charge in [-0.15, -0.1) is 0 Å². The minimum Gasteiger partial charge on any atom is -0.370 e. The van der Waals surface area contributed by atoms with Crippen LogP contribution in [0.15, 0.2) is 18.2 Å². The third kappa shape index (κ3) is 3.08. The van der Waals surface area contributed by atoms with Crippen molar-refractivity contribution in [3.63, 3.8) is 0 Å². The number of alkyl halides is 3. The maximum atomic E-state index is 12.8. The minimum atomic E-state index is -4.16. The molecule has 1 heterocycles. The number of benzene rings is 1. The van der Waals surface area contributed by atoms with Crippen molar-refractivity contribution in [2.24, 2.45) is 5.92 Å². The van der Waals surface area contributed by atoms with E-state index in [4.69, 9.17) is 0 Å². The molecule has 19 heavy (non-hydrogen) atoms. The summed E-state index contributed by atoms with van der Waals surface area (Å²) in [7, 11) is 0. The van der Waals surface area contributed by atoms with Crippen molar-refractivity contribution in [1.29, 1.82) is 0 Å². The molecule has 1 fully saturated rings. The number of carbonyl (C=O) groups excluding carboxylic acids is 1. The second kappa shape index (κ2) is 5.23. The van der Waals surface area contributed by atoms with Gasteiger partial charge in [0.2, 0.25) is 0 Å². The Morgan fingerprint density at radius 3 is 2.74 bits per heavy atom. The second-order valence-electron chi connectivity index (χ2n) is 5.01. The molecule has 0 spiro atoms. The van der Waals surface area contributed by atoms with Crippen LogP contribution in [0.3, 0.4) is 0 Å². The van der Waals surface area contributed by atoms with Crippen molar-refractivity contribution in [3.05, 3.63) is 29.3 Å². The molecule has 1 saturated heterocycles. The van der Waals surface area contributed by atoms with Gasteiger partial charge in [-0.25, -0.2) is 0 Å². The summed E-state index contributed by atoms with van der Waals surface area (Å²) >= 11 is 0. The van der Waals surface area contributed by atoms with Crippen LogP contribution < -0.4 is 4.90 Å². The molecule has 1 unspecified atom stereocenters. The van der Waals surface area contributed by atoms with Gasteiger partial charge in [0.15, 0.2) is 6.29 Å². The molecule has 0 N–H and O–H groups in total. The Morgan fingerprint density at radius 2 is 2.11 bits per heavy atom. The van der Waals surface area contributed by atoms with E-state index in [-0.39, 0.29) is 13.0 Å². The molecule has 1 aromatic rings. The first-order valence-corrected chi connectivity index (χ1v) is 6.29. The monoisotopic (exact) mass is 271 g/mol. The lowest BCUT2D eigenvalue weighted by Crippen LogP contribution is -2.42. The zero-order chi connectivity index (χ0) is 14.0. The zero-order valence-corrected chi connectivity index (χ0v) is 10.7. The fourth-order valence-electron chi connectivity index (χ4n) is 2.52. The Hall–Kier alpha value is -1.52. The number of piperidine rings is 1. The van der Waals surface area contributed by atoms with Gasteiger partial charge in [0.1, 0.15) is 0 Å². The van der Waals surface area contributed by atoms with Crippen LogP contribution in [-0.2, 0) is 0 Å². The zero-order valence-electron chi connectivity index (χ0n) is 10.7. The van der Waals surface area contributed by atoms with Gasteiger partial charge < -0.3 is 4.90 Å². The summed E-state index contributed by atoms with van der Waals surface area (Å²) in [4.78, 5) is 12.7. The number of anilines is 1. The fraction of sp³-hybridized carbons (Fsp3) is 0.500. The van der Waals surface area contributed by atoms with E-state index < -0.39 is 12.1 Å². The summed E-state index contributed by atoms with van der Waals surface area (Å²) in [5, 5.41) is 0. The van der Waals surface area contributed by atoms with Gasteiger partial charge in [-0.2, -0.15) is 13.2 Å². The lowest BCUT2D eigenvalue weighted by atomic mass is 9.96. The molecule has 0 amide bonds. The lowest BCUT2D eigenvalue weighted by Gasteiger charge is -2.35. The average molecular weight is 271 g/mol. The topological polar surface area (TPSA) is 20.3 Å². The Labute approximate surface area is 110 Å². The summed E-state index contributed by atoms with van der Waals surface area (Å²) < 4.78 is 38.3. The van der Waals surface area contributed by atoms with Gasteiger partial charge in [-0.05, 0) is 31.9 Å². The highest BCUT2D eigenvalue weighted by Crippen LogP contribution is 2.35. The van der Waals surface area contributed by atoms with Gasteiger partial charge in [-0.3, -0.25) is 4.79 Å². The van der Waals surface area contributed by atoms with Gasteiger partial charge >= 0.3 is 6.18 Å². The molecule has 2 nitrogen and oxygen atoms in total. The Morgan fingerprint density at radius 1 is 1.37 bits per heavy atom. The normalized spacial score (nSPS) is 20.4. The number of halogens is 3. The van der Waals surface area contributed by atoms with E-state index in [2.05, 4.69) is 0 Å². The predicted molar refractivity (Wildman–Crippen MR) is 67.6 cm³/mol. The third-order valence-corrected chi connectivity index (χ3v) is 3.53. The first kappa shape index (κ1) is 13.9. The van der Waals surface area contributed by atoms with Crippen LogP contribution in [0, 0.1) is 12.8 Å². The van der Waals surface area contributed by atoms with Crippen molar-refractivity contribution in [2.45, 2.75) is 25.9 Å². The first-order valence-electron chi connectivity index (χ1n) is 6.29. The maximum absolute atomic E-state index is 12.8. The molecule has 0 aromatic heterocycles. The summed E-state index contributed by atoms with van der Waals surface area (Å²) in [6.45, 7) is 2.36. The third-order valence-electron chi connectivity index (χ3n) is 3.53. The molecule has 1 aromatic carbocycles. The van der Waals surface area contributed by atoms with Crippen molar-refractivity contribution in [3.8, 4) is 0 Å². The van der Waals surface area contributed by atoms with Crippen LogP contribution in [0.1, 0.15) is 28.8 Å². The van der Waals surface area contributed by atoms with Crippen LogP contribution in [0.2, 0.25) is 0 Å². The number of carbonyl (C=O) groups is 1. The smallest absolute Gasteiger partial charge is 0.370 e. The number of rotatable bonds is 2. The molecule has 2 rings (SSSR count). The fourth-order valence-corrected chi connectivity index (χ4v) is 2.52. The molecule has 1 aliphatic heterocycles. The van der Waals surface area contributed by atoms with Gasteiger partial charge in [0.05, 0.1) is 5.92 Å². The SMILES string of the molecule is Cc1ccc(N2CCCC(C(F)(F)F)C2)c(C=O)c1. The number of hydrogen-bond donors (Lipinski definition) is 0. The van der Waals surface area contributed by atoms with Crippen LogP contribution in [0.5, 0.6) is 0 Å². The average Bonchev–Trinajstić information content (AvgIpc) is 2.37. The quantitative estimate of drug-likeness (QED) is 0.766. The molecule has 0 bridgehead atoms. The highest BCUT2D eigenvalue weighted by molar-refractivity contribution is 5.85. The molecule has 1 aliphatic rings. The standard InChI is InChI=1S/C14H16F3NO/c1-10-4-5-13(11(7-10)9-19)18-6-2-3-12(8-18)14(15,16)17/h4-5,7,9,12H,2-3,6,8H2,1H3. The summed E-state index contributed by atoms with van der Waals surface area (Å²) in [6.07, 6.45) is -2.79. The maximum Gasteiger partial charge on any atom is 0.393 e. The van der Waals surface area contributed by atoms with E-state index in [0.29, 0.717) is 30.5 Å². The molecule has 0 radical (unpaired) electrons. The molecule has 1 atom stereocenters. The molecule has 0 saturated carbocycles. The van der Waals surface area contributed by atoms with E-state index in [1.54, 1.807) is 17.0 Å². The summed E-state index contributed by atoms with van der Waals surface area (Å²) in [5.74, 6) is -1.30. The Kier molecular flexibility index (Phi) is 3.83. The molecule has 104 valence electrons. The first-order chi connectivity index (χ1) is 8.91. The number of hydrogen-bond acceptors (Lipinski definition) is 2. The Bertz CT molecular complexity index is 470. The van der Waals surface area contributed by atoms with Crippen molar-refractivity contribution in [1.82, 2.24) is 0 Å². The highest BCUT2D eigenvalue weighted by Gasteiger charge is 2.42. The molecular weight excluding hydrogens is 255 g/mol. The molecule has 5 heteroatoms. The van der Waals surface area contributed by atoms with Crippen molar-refractivity contribution >= 4 is 12.0 Å². The predicted octanol–water partition coefficient (Wildman–Crippen LogP) is 3.59. The number of nitrogens with zero attached hydrogens (tertiary/aromatic N) is 1. The van der Waals surface area contributed by atoms with E-state index in [1.165, 1.54) is 0 Å². The van der Waals surface area contributed by atoms with Crippen molar-refractivity contribution < 1.29 is 18.0 Å². The second-order valence-corrected chi connectivity index (χ2v) is 5.01. The number of aldehydes is 1. The minimum absolute atomic E-state index is 0.0621. The van der Waals surface area contributed by atoms with Gasteiger partial charge in [0, 0.05) is 24.3 Å². The van der Waals surface area contributed by atoms with Crippen LogP contribution >= 0.6 is 0 Å². The summed E-state index contributed by atoms with van der Waals surface area (Å²) in [5.41, 5.74) is 1.99. The Balaban J connectivity index is 2.24. The van der Waals surface area contributed by atoms with E-state index >= 15 is 0 Å². The van der Waals surface area contributed by atoms with Gasteiger partial charge in [-0.1, -0.05) is 11.6 Å². The van der Waals surface area contributed by atoms with E-state index in [0.717, 1.165) is 5.56 Å². The summed E-state index contributed by atoms with van der Waals surface area (Å²) in [6, 6.07) is 5.26. The molecule has 0 aliphatic carbocycles. The van der Waals surface area contributed by atoms with Gasteiger partial charge in [0.25, 0.3) is 0 Å². The molecular formula is C14H16F3NO. The van der Waals surface area contributed by atoms with E-state index in [9.17, 15) is 18.0 Å². The largest absolute Gasteiger partial charge is 0.393 e. The lowest BCUT2D eigenvalue weighted by molar-refractivity contribution is -0.175. The van der Waals surface area contributed by atoms with Crippen molar-refractivity contribution in [2.75, 3.05) is 18.0 Å². The number of aryl methyl sites for hydroxylation is 1. The van der Waals surface area contributed by atoms with Crippen LogP contribution in [0.4, 0.5) is 18.9 Å². The highest BCUT2D eigenvalue weighted by atomic mass is 19.4. The van der Waals surface area contributed by atoms with Crippen LogP contribution in [-0.4, -0.2) is 25.6 Å².